The first-order chi connectivity index (χ1) is 29.9. The monoisotopic (exact) mass is 886 g/mol. The average Bonchev–Trinajstić information content (AvgIpc) is 3.25. The second kappa shape index (κ2) is 50.2. The Morgan fingerprint density at radius 2 is 0.820 bits per heavy atom. The third-order valence-corrected chi connectivity index (χ3v) is 12.9. The zero-order valence-electron chi connectivity index (χ0n) is 40.7. The number of carbonyl (C=O) groups is 1. The van der Waals surface area contributed by atoms with E-state index >= 15 is 0 Å². The molecule has 364 valence electrons. The van der Waals surface area contributed by atoms with Crippen LogP contribution in [0.5, 0.6) is 0 Å². The predicted molar refractivity (Wildman–Crippen MR) is 261 cm³/mol. The molecule has 0 aromatic carbocycles. The molecule has 0 aromatic heterocycles. The Hall–Kier alpha value is -0.760. The van der Waals surface area contributed by atoms with Crippen molar-refractivity contribution >= 4 is 13.8 Å². The molecule has 0 radical (unpaired) electrons. The van der Waals surface area contributed by atoms with E-state index in [4.69, 9.17) is 24.3 Å². The van der Waals surface area contributed by atoms with Crippen molar-refractivity contribution in [2.24, 2.45) is 5.73 Å². The zero-order chi connectivity index (χ0) is 44.4. The van der Waals surface area contributed by atoms with Crippen LogP contribution in [0.15, 0.2) is 12.2 Å². The number of esters is 1. The van der Waals surface area contributed by atoms with Crippen LogP contribution >= 0.6 is 7.82 Å². The quantitative estimate of drug-likeness (QED) is 0.0268. The lowest BCUT2D eigenvalue weighted by molar-refractivity contribution is -0.154. The maximum absolute atomic E-state index is 12.7. The Bertz CT molecular complexity index is 951. The van der Waals surface area contributed by atoms with Gasteiger partial charge in [-0.25, -0.2) is 4.57 Å². The van der Waals surface area contributed by atoms with Gasteiger partial charge < -0.3 is 20.1 Å². The number of carbonyl (C=O) groups excluding carboxylic acids is 1. The van der Waals surface area contributed by atoms with E-state index in [2.05, 4.69) is 26.0 Å². The molecule has 3 N–H and O–H groups in total. The first kappa shape index (κ1) is 60.2. The van der Waals surface area contributed by atoms with Crippen LogP contribution in [0.25, 0.3) is 0 Å². The molecule has 0 aliphatic carbocycles. The van der Waals surface area contributed by atoms with E-state index in [0.717, 1.165) is 32.1 Å². The number of unbranched alkanes of at least 4 members (excludes halogenated alkanes) is 37. The maximum Gasteiger partial charge on any atom is 0.472 e. The third-order valence-electron chi connectivity index (χ3n) is 11.9. The molecule has 0 rings (SSSR count). The SMILES string of the molecule is CCCCCCCC/C=C\CCCCCCCCCCCC(=O)OC(COCCCCCCCCCCCCCCCCCCCCCCCCC)COP(=O)(O)OCCN. The number of ether oxygens (including phenoxy) is 2. The van der Waals surface area contributed by atoms with Crippen molar-refractivity contribution in [2.75, 3.05) is 33.0 Å². The van der Waals surface area contributed by atoms with E-state index in [1.54, 1.807) is 0 Å². The minimum absolute atomic E-state index is 0.0920. The van der Waals surface area contributed by atoms with Crippen LogP contribution in [-0.2, 0) is 27.9 Å². The highest BCUT2D eigenvalue weighted by atomic mass is 31.2. The summed E-state index contributed by atoms with van der Waals surface area (Å²) < 4.78 is 33.6. The van der Waals surface area contributed by atoms with Crippen LogP contribution in [0.2, 0.25) is 0 Å². The van der Waals surface area contributed by atoms with E-state index in [1.807, 2.05) is 0 Å². The van der Waals surface area contributed by atoms with Gasteiger partial charge >= 0.3 is 13.8 Å². The van der Waals surface area contributed by atoms with Gasteiger partial charge in [0.1, 0.15) is 6.10 Å². The summed E-state index contributed by atoms with van der Waals surface area (Å²) in [7, 11) is -4.28. The normalized spacial score (nSPS) is 13.3. The van der Waals surface area contributed by atoms with Crippen molar-refractivity contribution in [3.8, 4) is 0 Å². The number of rotatable bonds is 52. The Morgan fingerprint density at radius 3 is 1.20 bits per heavy atom. The van der Waals surface area contributed by atoms with Crippen LogP contribution in [0.4, 0.5) is 0 Å². The second-order valence-electron chi connectivity index (χ2n) is 18.1. The fraction of sp³-hybridized carbons (Fsp3) is 0.942. The van der Waals surface area contributed by atoms with Crippen molar-refractivity contribution < 1.29 is 32.8 Å². The molecule has 0 saturated carbocycles. The van der Waals surface area contributed by atoms with Crippen LogP contribution in [-0.4, -0.2) is 49.9 Å². The third kappa shape index (κ3) is 50.1. The van der Waals surface area contributed by atoms with Crippen LogP contribution < -0.4 is 5.73 Å². The number of phosphoric ester groups is 1. The summed E-state index contributed by atoms with van der Waals surface area (Å²) in [6, 6.07) is 0. The molecule has 2 unspecified atom stereocenters. The molecule has 0 bridgehead atoms. The molecule has 8 nitrogen and oxygen atoms in total. The number of hydrogen-bond donors (Lipinski definition) is 2. The standard InChI is InChI=1S/C52H104NO7P/c1-3-5-7-9-11-13-15-17-19-21-23-24-25-26-28-30-32-34-36-38-40-42-44-47-57-49-51(50-59-61(55,56)58-48-46-53)60-52(54)45-43-41-39-37-35-33-31-29-27-22-20-18-16-14-12-10-8-6-4-2/h18,20,51H,3-17,19,21-50,53H2,1-2H3,(H,55,56)/b20-18-. The van der Waals surface area contributed by atoms with Gasteiger partial charge in [0.05, 0.1) is 19.8 Å². The predicted octanol–water partition coefficient (Wildman–Crippen LogP) is 16.6. The lowest BCUT2D eigenvalue weighted by Gasteiger charge is -2.20. The van der Waals surface area contributed by atoms with Gasteiger partial charge in [-0.05, 0) is 38.5 Å². The molecule has 0 saturated heterocycles. The van der Waals surface area contributed by atoms with Gasteiger partial charge in [-0.1, -0.05) is 244 Å². The van der Waals surface area contributed by atoms with Gasteiger partial charge in [-0.3, -0.25) is 13.8 Å². The van der Waals surface area contributed by atoms with Gasteiger partial charge in [-0.2, -0.15) is 0 Å². The fourth-order valence-corrected chi connectivity index (χ4v) is 8.76. The van der Waals surface area contributed by atoms with Gasteiger partial charge in [0, 0.05) is 19.6 Å². The lowest BCUT2D eigenvalue weighted by Crippen LogP contribution is -2.28. The Balaban J connectivity index is 3.87. The van der Waals surface area contributed by atoms with Gasteiger partial charge in [0.15, 0.2) is 0 Å². The molecule has 0 heterocycles. The highest BCUT2D eigenvalue weighted by Crippen LogP contribution is 2.43. The summed E-state index contributed by atoms with van der Waals surface area (Å²) in [4.78, 5) is 22.6. The second-order valence-corrected chi connectivity index (χ2v) is 19.6. The molecule has 0 aliphatic heterocycles. The maximum atomic E-state index is 12.7. The van der Waals surface area contributed by atoms with Crippen molar-refractivity contribution in [1.29, 1.82) is 0 Å². The number of allylic oxidation sites excluding steroid dienone is 2. The van der Waals surface area contributed by atoms with Crippen LogP contribution in [0.3, 0.4) is 0 Å². The summed E-state index contributed by atoms with van der Waals surface area (Å²) in [5.74, 6) is -0.326. The molecular weight excluding hydrogens is 782 g/mol. The summed E-state index contributed by atoms with van der Waals surface area (Å²) in [6.45, 7) is 4.99. The Morgan fingerprint density at radius 1 is 0.475 bits per heavy atom. The molecule has 61 heavy (non-hydrogen) atoms. The number of hydrogen-bond acceptors (Lipinski definition) is 7. The van der Waals surface area contributed by atoms with E-state index < -0.39 is 13.9 Å². The van der Waals surface area contributed by atoms with Crippen LogP contribution in [0.1, 0.15) is 277 Å². The summed E-state index contributed by atoms with van der Waals surface area (Å²) in [6.07, 6.45) is 56.8. The van der Waals surface area contributed by atoms with Crippen LogP contribution in [0, 0.1) is 0 Å². The minimum atomic E-state index is -4.28. The van der Waals surface area contributed by atoms with E-state index in [9.17, 15) is 14.3 Å². The minimum Gasteiger partial charge on any atom is -0.457 e. The summed E-state index contributed by atoms with van der Waals surface area (Å²) in [5.41, 5.74) is 5.39. The topological polar surface area (TPSA) is 117 Å². The largest absolute Gasteiger partial charge is 0.472 e. The van der Waals surface area contributed by atoms with Gasteiger partial charge in [0.2, 0.25) is 0 Å². The van der Waals surface area contributed by atoms with Crippen molar-refractivity contribution in [3.05, 3.63) is 12.2 Å². The smallest absolute Gasteiger partial charge is 0.457 e. The summed E-state index contributed by atoms with van der Waals surface area (Å²) >= 11 is 0. The Labute approximate surface area is 379 Å². The molecule has 0 aromatic rings. The van der Waals surface area contributed by atoms with Gasteiger partial charge in [-0.15, -0.1) is 0 Å². The first-order valence-electron chi connectivity index (χ1n) is 26.7. The average molecular weight is 886 g/mol. The van der Waals surface area contributed by atoms with Gasteiger partial charge in [0.25, 0.3) is 0 Å². The fourth-order valence-electron chi connectivity index (χ4n) is 8.00. The van der Waals surface area contributed by atoms with E-state index in [1.165, 1.54) is 225 Å². The van der Waals surface area contributed by atoms with E-state index in [0.29, 0.717) is 13.0 Å². The molecule has 2 atom stereocenters. The van der Waals surface area contributed by atoms with Crippen molar-refractivity contribution in [3.63, 3.8) is 0 Å². The van der Waals surface area contributed by atoms with Crippen molar-refractivity contribution in [2.45, 2.75) is 283 Å². The Kier molecular flexibility index (Phi) is 49.6. The zero-order valence-corrected chi connectivity index (χ0v) is 41.6. The lowest BCUT2D eigenvalue weighted by atomic mass is 10.0. The molecule has 0 spiro atoms. The first-order valence-corrected chi connectivity index (χ1v) is 28.2. The number of phosphoric acid groups is 1. The number of nitrogens with two attached hydrogens (primary N) is 1. The molecule has 0 aliphatic rings. The molecule has 0 amide bonds. The molecule has 0 fully saturated rings. The summed E-state index contributed by atoms with van der Waals surface area (Å²) in [5, 5.41) is 0. The van der Waals surface area contributed by atoms with Crippen molar-refractivity contribution in [1.82, 2.24) is 0 Å². The molecule has 9 heteroatoms. The molecular formula is C52H104NO7P. The highest BCUT2D eigenvalue weighted by molar-refractivity contribution is 7.47. The highest BCUT2D eigenvalue weighted by Gasteiger charge is 2.25. The van der Waals surface area contributed by atoms with E-state index in [-0.39, 0.29) is 32.3 Å².